The van der Waals surface area contributed by atoms with E-state index in [2.05, 4.69) is 64.6 Å². The first-order valence-electron chi connectivity index (χ1n) is 12.9. The standard InChI is InChI=1S/C32H30N4O2/c1-37-30-18-22(12-16-35-30)20-38-21-29-27-19-26(23-6-3-2-4-7-23)31(36-28(27)13-17-34-29)24-8-10-25(11-9-24)32(33)14-5-15-32/h2-4,6-13,16-19H,5,14-15,20-21,33H2,1H3. The molecule has 1 aliphatic carbocycles. The van der Waals surface area contributed by atoms with Crippen molar-refractivity contribution in [1.82, 2.24) is 15.0 Å². The highest BCUT2D eigenvalue weighted by Crippen LogP contribution is 2.40. The van der Waals surface area contributed by atoms with E-state index in [1.165, 1.54) is 12.0 Å². The number of hydrogen-bond acceptors (Lipinski definition) is 6. The molecule has 38 heavy (non-hydrogen) atoms. The molecule has 3 heterocycles. The van der Waals surface area contributed by atoms with Crippen LogP contribution in [0.3, 0.4) is 0 Å². The van der Waals surface area contributed by atoms with E-state index >= 15 is 0 Å². The molecule has 0 amide bonds. The monoisotopic (exact) mass is 502 g/mol. The van der Waals surface area contributed by atoms with Crippen LogP contribution in [0.15, 0.2) is 91.3 Å². The molecule has 0 spiro atoms. The van der Waals surface area contributed by atoms with Crippen LogP contribution in [0, 0.1) is 0 Å². The number of aromatic nitrogens is 3. The molecule has 0 atom stereocenters. The van der Waals surface area contributed by atoms with Crippen LogP contribution < -0.4 is 10.5 Å². The SMILES string of the molecule is COc1cc(COCc2nccc3nc(-c4ccc(C5(N)CCC5)cc4)c(-c4ccccc4)cc23)ccn1. The average Bonchev–Trinajstić information content (AvgIpc) is 2.96. The van der Waals surface area contributed by atoms with Gasteiger partial charge in [-0.05, 0) is 54.2 Å². The number of rotatable bonds is 8. The van der Waals surface area contributed by atoms with E-state index in [1.807, 2.05) is 24.3 Å². The normalized spacial score (nSPS) is 14.3. The third-order valence-electron chi connectivity index (χ3n) is 7.41. The molecular formula is C32H30N4O2. The number of ether oxygens (including phenoxy) is 2. The maximum Gasteiger partial charge on any atom is 0.213 e. The van der Waals surface area contributed by atoms with Crippen LogP contribution in [0.1, 0.15) is 36.1 Å². The molecule has 1 fully saturated rings. The van der Waals surface area contributed by atoms with Crippen LogP contribution in [0.2, 0.25) is 0 Å². The number of benzene rings is 2. The lowest BCUT2D eigenvalue weighted by atomic mass is 9.72. The van der Waals surface area contributed by atoms with Crippen molar-refractivity contribution in [2.45, 2.75) is 38.0 Å². The molecule has 0 aliphatic heterocycles. The van der Waals surface area contributed by atoms with Gasteiger partial charge in [0.2, 0.25) is 5.88 Å². The summed E-state index contributed by atoms with van der Waals surface area (Å²) in [6.07, 6.45) is 6.80. The molecule has 0 unspecified atom stereocenters. The summed E-state index contributed by atoms with van der Waals surface area (Å²) in [5.74, 6) is 0.570. The Hall–Kier alpha value is -4.13. The Balaban J connectivity index is 1.35. The minimum atomic E-state index is -0.181. The Morgan fingerprint density at radius 3 is 2.37 bits per heavy atom. The molecule has 6 nitrogen and oxygen atoms in total. The highest BCUT2D eigenvalue weighted by atomic mass is 16.5. The molecule has 1 aliphatic rings. The molecule has 2 N–H and O–H groups in total. The zero-order chi connectivity index (χ0) is 26.0. The van der Waals surface area contributed by atoms with Crippen molar-refractivity contribution in [3.8, 4) is 28.3 Å². The summed E-state index contributed by atoms with van der Waals surface area (Å²) in [5, 5.41) is 0.981. The van der Waals surface area contributed by atoms with Gasteiger partial charge in [0.15, 0.2) is 0 Å². The van der Waals surface area contributed by atoms with Crippen LogP contribution in [-0.2, 0) is 23.5 Å². The molecule has 190 valence electrons. The van der Waals surface area contributed by atoms with E-state index in [-0.39, 0.29) is 5.54 Å². The van der Waals surface area contributed by atoms with Crippen molar-refractivity contribution < 1.29 is 9.47 Å². The second kappa shape index (κ2) is 10.3. The minimum absolute atomic E-state index is 0.181. The Morgan fingerprint density at radius 2 is 1.63 bits per heavy atom. The largest absolute Gasteiger partial charge is 0.481 e. The van der Waals surface area contributed by atoms with E-state index in [4.69, 9.17) is 20.2 Å². The summed E-state index contributed by atoms with van der Waals surface area (Å²) in [5.41, 5.74) is 14.5. The highest BCUT2D eigenvalue weighted by Gasteiger charge is 2.34. The van der Waals surface area contributed by atoms with Gasteiger partial charge in [0.1, 0.15) is 0 Å². The fourth-order valence-electron chi connectivity index (χ4n) is 5.05. The fourth-order valence-corrected chi connectivity index (χ4v) is 5.05. The number of fused-ring (bicyclic) bond motifs is 1. The van der Waals surface area contributed by atoms with Gasteiger partial charge >= 0.3 is 0 Å². The number of hydrogen-bond donors (Lipinski definition) is 1. The summed E-state index contributed by atoms with van der Waals surface area (Å²) in [4.78, 5) is 13.9. The smallest absolute Gasteiger partial charge is 0.213 e. The predicted octanol–water partition coefficient (Wildman–Crippen LogP) is 6.42. The number of methoxy groups -OCH3 is 1. The summed E-state index contributed by atoms with van der Waals surface area (Å²) < 4.78 is 11.3. The Labute approximate surface area is 222 Å². The Bertz CT molecular complexity index is 1560. The fraction of sp³-hybridized carbons (Fsp3) is 0.219. The molecule has 1 saturated carbocycles. The second-order valence-electron chi connectivity index (χ2n) is 9.86. The predicted molar refractivity (Wildman–Crippen MR) is 149 cm³/mol. The van der Waals surface area contributed by atoms with Crippen LogP contribution in [-0.4, -0.2) is 22.1 Å². The van der Waals surface area contributed by atoms with E-state index in [0.717, 1.165) is 57.4 Å². The zero-order valence-electron chi connectivity index (χ0n) is 21.4. The van der Waals surface area contributed by atoms with Crippen molar-refractivity contribution in [2.24, 2.45) is 5.73 Å². The lowest BCUT2D eigenvalue weighted by Gasteiger charge is -2.38. The van der Waals surface area contributed by atoms with Gasteiger partial charge in [-0.1, -0.05) is 54.6 Å². The second-order valence-corrected chi connectivity index (χ2v) is 9.86. The van der Waals surface area contributed by atoms with E-state index in [1.54, 1.807) is 19.5 Å². The maximum absolute atomic E-state index is 6.57. The first-order valence-corrected chi connectivity index (χ1v) is 12.9. The zero-order valence-corrected chi connectivity index (χ0v) is 21.4. The van der Waals surface area contributed by atoms with Gasteiger partial charge in [-0.25, -0.2) is 9.97 Å². The lowest BCUT2D eigenvalue weighted by molar-refractivity contribution is 0.105. The van der Waals surface area contributed by atoms with Crippen LogP contribution in [0.25, 0.3) is 33.3 Å². The van der Waals surface area contributed by atoms with Gasteiger partial charge in [-0.2, -0.15) is 0 Å². The molecule has 0 radical (unpaired) electrons. The van der Waals surface area contributed by atoms with E-state index < -0.39 is 0 Å². The number of pyridine rings is 3. The first kappa shape index (κ1) is 24.2. The van der Waals surface area contributed by atoms with Gasteiger partial charge in [0.25, 0.3) is 0 Å². The minimum Gasteiger partial charge on any atom is -0.481 e. The van der Waals surface area contributed by atoms with Crippen molar-refractivity contribution in [1.29, 1.82) is 0 Å². The molecule has 2 aromatic carbocycles. The maximum atomic E-state index is 6.57. The highest BCUT2D eigenvalue weighted by molar-refractivity contribution is 5.92. The van der Waals surface area contributed by atoms with Crippen LogP contribution >= 0.6 is 0 Å². The van der Waals surface area contributed by atoms with Crippen LogP contribution in [0.5, 0.6) is 5.88 Å². The number of nitrogens with two attached hydrogens (primary N) is 1. The first-order chi connectivity index (χ1) is 18.6. The number of nitrogens with zero attached hydrogens (tertiary/aromatic N) is 3. The summed E-state index contributed by atoms with van der Waals surface area (Å²) in [7, 11) is 1.61. The molecule has 0 saturated heterocycles. The van der Waals surface area contributed by atoms with Gasteiger partial charge in [-0.3, -0.25) is 4.98 Å². The molecule has 5 aromatic rings. The third-order valence-corrected chi connectivity index (χ3v) is 7.41. The summed E-state index contributed by atoms with van der Waals surface area (Å²) in [6.45, 7) is 0.799. The van der Waals surface area contributed by atoms with E-state index in [0.29, 0.717) is 19.1 Å². The quantitative estimate of drug-likeness (QED) is 0.264. The van der Waals surface area contributed by atoms with Gasteiger partial charge < -0.3 is 15.2 Å². The molecule has 0 bridgehead atoms. The van der Waals surface area contributed by atoms with Crippen molar-refractivity contribution in [3.05, 3.63) is 108 Å². The third kappa shape index (κ3) is 4.76. The molecule has 6 rings (SSSR count). The molecular weight excluding hydrogens is 472 g/mol. The lowest BCUT2D eigenvalue weighted by Crippen LogP contribution is -2.43. The van der Waals surface area contributed by atoms with E-state index in [9.17, 15) is 0 Å². The Kier molecular flexibility index (Phi) is 6.58. The van der Waals surface area contributed by atoms with Gasteiger partial charge in [-0.15, -0.1) is 0 Å². The molecule has 3 aromatic heterocycles. The van der Waals surface area contributed by atoms with Crippen LogP contribution in [0.4, 0.5) is 0 Å². The van der Waals surface area contributed by atoms with Gasteiger partial charge in [0, 0.05) is 40.5 Å². The van der Waals surface area contributed by atoms with Crippen molar-refractivity contribution in [2.75, 3.05) is 7.11 Å². The van der Waals surface area contributed by atoms with Gasteiger partial charge in [0.05, 0.1) is 37.2 Å². The molecule has 6 heteroatoms. The Morgan fingerprint density at radius 1 is 0.842 bits per heavy atom. The average molecular weight is 503 g/mol. The summed E-state index contributed by atoms with van der Waals surface area (Å²) >= 11 is 0. The van der Waals surface area contributed by atoms with Crippen molar-refractivity contribution >= 4 is 10.9 Å². The van der Waals surface area contributed by atoms with Crippen molar-refractivity contribution in [3.63, 3.8) is 0 Å². The summed E-state index contributed by atoms with van der Waals surface area (Å²) in [6, 6.07) is 26.9. The topological polar surface area (TPSA) is 83.2 Å².